The first kappa shape index (κ1) is 16.5. The minimum absolute atomic E-state index is 0.103. The number of aryl methyl sites for hydroxylation is 1. The van der Waals surface area contributed by atoms with E-state index in [4.69, 9.17) is 9.26 Å². The molecule has 0 saturated carbocycles. The molecule has 0 bridgehead atoms. The summed E-state index contributed by atoms with van der Waals surface area (Å²) in [6, 6.07) is 7.95. The number of rotatable bonds is 5. The van der Waals surface area contributed by atoms with Gasteiger partial charge in [-0.05, 0) is 37.5 Å². The van der Waals surface area contributed by atoms with Gasteiger partial charge in [0.05, 0.1) is 12.5 Å². The average molecular weight is 329 g/mol. The van der Waals surface area contributed by atoms with Crippen LogP contribution in [0.1, 0.15) is 43.0 Å². The highest BCUT2D eigenvalue weighted by atomic mass is 16.5. The Bertz CT molecular complexity index is 698. The number of aromatic nitrogens is 2. The van der Waals surface area contributed by atoms with Crippen LogP contribution in [0.25, 0.3) is 0 Å². The molecule has 2 aromatic rings. The summed E-state index contributed by atoms with van der Waals surface area (Å²) in [7, 11) is 0. The van der Waals surface area contributed by atoms with E-state index in [1.807, 2.05) is 36.1 Å². The van der Waals surface area contributed by atoms with Gasteiger partial charge in [-0.3, -0.25) is 4.79 Å². The molecule has 1 unspecified atom stereocenters. The molecule has 1 fully saturated rings. The van der Waals surface area contributed by atoms with Crippen molar-refractivity contribution in [2.45, 2.75) is 39.0 Å². The molecule has 1 atom stereocenters. The predicted octanol–water partition coefficient (Wildman–Crippen LogP) is 2.73. The van der Waals surface area contributed by atoms with Gasteiger partial charge in [0.15, 0.2) is 5.82 Å². The largest absolute Gasteiger partial charge is 0.493 e. The molecule has 1 aliphatic heterocycles. The number of carbonyl (C=O) groups is 1. The zero-order chi connectivity index (χ0) is 16.9. The van der Waals surface area contributed by atoms with E-state index < -0.39 is 0 Å². The number of nitrogens with zero attached hydrogens (tertiary/aromatic N) is 3. The molecule has 0 radical (unpaired) electrons. The van der Waals surface area contributed by atoms with Gasteiger partial charge in [0.1, 0.15) is 5.75 Å². The van der Waals surface area contributed by atoms with Crippen molar-refractivity contribution in [3.8, 4) is 5.75 Å². The van der Waals surface area contributed by atoms with Gasteiger partial charge in [0.25, 0.3) is 0 Å². The van der Waals surface area contributed by atoms with Crippen LogP contribution < -0.4 is 4.74 Å². The van der Waals surface area contributed by atoms with E-state index in [9.17, 15) is 4.79 Å². The monoisotopic (exact) mass is 329 g/mol. The van der Waals surface area contributed by atoms with E-state index in [0.29, 0.717) is 31.3 Å². The molecule has 1 aliphatic rings. The lowest BCUT2D eigenvalue weighted by molar-refractivity contribution is -0.130. The fourth-order valence-electron chi connectivity index (χ4n) is 2.96. The molecule has 1 aromatic carbocycles. The number of amides is 1. The normalized spacial score (nSPS) is 17.8. The SMILES string of the molecule is CC(=O)N1CCCC(c2nc(CCOc3cccc(C)c3)no2)C1. The summed E-state index contributed by atoms with van der Waals surface area (Å²) in [6.07, 6.45) is 2.55. The summed E-state index contributed by atoms with van der Waals surface area (Å²) in [5.41, 5.74) is 1.17. The smallest absolute Gasteiger partial charge is 0.231 e. The molecule has 0 spiro atoms. The highest BCUT2D eigenvalue weighted by Gasteiger charge is 2.27. The number of ether oxygens (including phenoxy) is 1. The van der Waals surface area contributed by atoms with Crippen molar-refractivity contribution in [2.24, 2.45) is 0 Å². The Labute approximate surface area is 141 Å². The van der Waals surface area contributed by atoms with E-state index in [2.05, 4.69) is 10.1 Å². The first-order valence-electron chi connectivity index (χ1n) is 8.39. The minimum Gasteiger partial charge on any atom is -0.493 e. The summed E-state index contributed by atoms with van der Waals surface area (Å²) in [6.45, 7) is 5.62. The third-order valence-corrected chi connectivity index (χ3v) is 4.28. The number of carbonyl (C=O) groups excluding carboxylic acids is 1. The van der Waals surface area contributed by atoms with Crippen LogP contribution in [0.4, 0.5) is 0 Å². The second-order valence-corrected chi connectivity index (χ2v) is 6.27. The minimum atomic E-state index is 0.103. The molecule has 0 N–H and O–H groups in total. The third kappa shape index (κ3) is 4.13. The second-order valence-electron chi connectivity index (χ2n) is 6.27. The summed E-state index contributed by atoms with van der Waals surface area (Å²) in [5.74, 6) is 2.37. The van der Waals surface area contributed by atoms with Crippen LogP contribution in [0.5, 0.6) is 5.75 Å². The number of likely N-dealkylation sites (tertiary alicyclic amines) is 1. The second kappa shape index (κ2) is 7.47. The quantitative estimate of drug-likeness (QED) is 0.843. The van der Waals surface area contributed by atoms with E-state index in [-0.39, 0.29) is 11.8 Å². The Kier molecular flexibility index (Phi) is 5.13. The fourth-order valence-corrected chi connectivity index (χ4v) is 2.96. The topological polar surface area (TPSA) is 68.5 Å². The lowest BCUT2D eigenvalue weighted by Gasteiger charge is -2.29. The first-order chi connectivity index (χ1) is 11.6. The molecule has 3 rings (SSSR count). The zero-order valence-electron chi connectivity index (χ0n) is 14.2. The third-order valence-electron chi connectivity index (χ3n) is 4.28. The van der Waals surface area contributed by atoms with Gasteiger partial charge in [0.2, 0.25) is 11.8 Å². The van der Waals surface area contributed by atoms with Crippen LogP contribution in [0.15, 0.2) is 28.8 Å². The van der Waals surface area contributed by atoms with Crippen molar-refractivity contribution in [1.82, 2.24) is 15.0 Å². The molecule has 24 heavy (non-hydrogen) atoms. The van der Waals surface area contributed by atoms with Crippen molar-refractivity contribution in [3.63, 3.8) is 0 Å². The van der Waals surface area contributed by atoms with Crippen molar-refractivity contribution in [2.75, 3.05) is 19.7 Å². The summed E-state index contributed by atoms with van der Waals surface area (Å²) in [4.78, 5) is 17.9. The predicted molar refractivity (Wildman–Crippen MR) is 88.9 cm³/mol. The Balaban J connectivity index is 1.53. The Morgan fingerprint density at radius 2 is 2.33 bits per heavy atom. The summed E-state index contributed by atoms with van der Waals surface area (Å²) < 4.78 is 11.1. The standard InChI is InChI=1S/C18H23N3O3/c1-13-5-3-7-16(11-13)23-10-8-17-19-18(24-20-17)15-6-4-9-21(12-15)14(2)22/h3,5,7,11,15H,4,6,8-10,12H2,1-2H3. The highest BCUT2D eigenvalue weighted by molar-refractivity contribution is 5.73. The van der Waals surface area contributed by atoms with E-state index in [1.54, 1.807) is 6.92 Å². The molecular formula is C18H23N3O3. The lowest BCUT2D eigenvalue weighted by atomic mass is 9.98. The van der Waals surface area contributed by atoms with Gasteiger partial charge in [-0.25, -0.2) is 0 Å². The molecule has 1 amide bonds. The summed E-state index contributed by atoms with van der Waals surface area (Å²) >= 11 is 0. The molecule has 2 heterocycles. The average Bonchev–Trinajstić information content (AvgIpc) is 3.04. The van der Waals surface area contributed by atoms with Crippen LogP contribution >= 0.6 is 0 Å². The Hall–Kier alpha value is -2.37. The Morgan fingerprint density at radius 1 is 1.46 bits per heavy atom. The zero-order valence-corrected chi connectivity index (χ0v) is 14.2. The van der Waals surface area contributed by atoms with Gasteiger partial charge in [0, 0.05) is 26.4 Å². The number of benzene rings is 1. The molecule has 0 aliphatic carbocycles. The highest BCUT2D eigenvalue weighted by Crippen LogP contribution is 2.25. The number of piperidine rings is 1. The van der Waals surface area contributed by atoms with Crippen molar-refractivity contribution in [3.05, 3.63) is 41.5 Å². The molecule has 1 saturated heterocycles. The van der Waals surface area contributed by atoms with E-state index >= 15 is 0 Å². The molecular weight excluding hydrogens is 306 g/mol. The van der Waals surface area contributed by atoms with Crippen LogP contribution in [0.2, 0.25) is 0 Å². The van der Waals surface area contributed by atoms with Crippen LogP contribution in [0, 0.1) is 6.92 Å². The first-order valence-corrected chi connectivity index (χ1v) is 8.39. The van der Waals surface area contributed by atoms with Gasteiger partial charge in [-0.15, -0.1) is 0 Å². The fraction of sp³-hybridized carbons (Fsp3) is 0.500. The molecule has 6 nitrogen and oxygen atoms in total. The van der Waals surface area contributed by atoms with Gasteiger partial charge >= 0.3 is 0 Å². The van der Waals surface area contributed by atoms with Gasteiger partial charge < -0.3 is 14.2 Å². The maximum Gasteiger partial charge on any atom is 0.231 e. The van der Waals surface area contributed by atoms with Crippen LogP contribution in [-0.4, -0.2) is 40.6 Å². The van der Waals surface area contributed by atoms with Crippen molar-refractivity contribution >= 4 is 5.91 Å². The molecule has 1 aromatic heterocycles. The Morgan fingerprint density at radius 3 is 3.12 bits per heavy atom. The van der Waals surface area contributed by atoms with Gasteiger partial charge in [-0.1, -0.05) is 17.3 Å². The van der Waals surface area contributed by atoms with E-state index in [0.717, 1.165) is 25.1 Å². The van der Waals surface area contributed by atoms with Crippen LogP contribution in [-0.2, 0) is 11.2 Å². The molecule has 128 valence electrons. The lowest BCUT2D eigenvalue weighted by Crippen LogP contribution is -2.37. The van der Waals surface area contributed by atoms with E-state index in [1.165, 1.54) is 5.56 Å². The maximum absolute atomic E-state index is 11.5. The molecule has 6 heteroatoms. The van der Waals surface area contributed by atoms with Crippen LogP contribution in [0.3, 0.4) is 0 Å². The maximum atomic E-state index is 11.5. The van der Waals surface area contributed by atoms with Crippen molar-refractivity contribution < 1.29 is 14.1 Å². The summed E-state index contributed by atoms with van der Waals surface area (Å²) in [5, 5.41) is 4.04. The van der Waals surface area contributed by atoms with Gasteiger partial charge in [-0.2, -0.15) is 4.98 Å². The van der Waals surface area contributed by atoms with Crippen molar-refractivity contribution in [1.29, 1.82) is 0 Å². The number of hydrogen-bond acceptors (Lipinski definition) is 5. The number of hydrogen-bond donors (Lipinski definition) is 0.